The summed E-state index contributed by atoms with van der Waals surface area (Å²) in [7, 11) is 0. The third-order valence-electron chi connectivity index (χ3n) is 1.88. The number of nitrogens with one attached hydrogen (secondary N) is 1. The molecule has 0 aliphatic carbocycles. The van der Waals surface area contributed by atoms with E-state index in [9.17, 15) is 13.6 Å². The topological polar surface area (TPSA) is 46.9 Å². The number of halogens is 2. The zero-order chi connectivity index (χ0) is 11.5. The number of carbonyl (C=O) groups is 1. The van der Waals surface area contributed by atoms with Crippen LogP contribution in [0.1, 0.15) is 0 Å². The minimum atomic E-state index is -0.707. The molecule has 0 saturated heterocycles. The quantitative estimate of drug-likeness (QED) is 0.805. The summed E-state index contributed by atoms with van der Waals surface area (Å²) in [6.45, 7) is 0. The molecule has 0 spiro atoms. The summed E-state index contributed by atoms with van der Waals surface area (Å²) in [6, 6.07) is 3.69. The maximum Gasteiger partial charge on any atom is 0.346 e. The van der Waals surface area contributed by atoms with Gasteiger partial charge in [-0.05, 0) is 18.2 Å². The highest BCUT2D eigenvalue weighted by Gasteiger charge is 2.09. The summed E-state index contributed by atoms with van der Waals surface area (Å²) in [5.74, 6) is -1.33. The van der Waals surface area contributed by atoms with Crippen molar-refractivity contribution in [3.8, 4) is 0 Å². The third kappa shape index (κ3) is 2.05. The molecule has 1 amide bonds. The Kier molecular flexibility index (Phi) is 2.63. The number of benzene rings is 1. The van der Waals surface area contributed by atoms with E-state index in [0.717, 1.165) is 22.9 Å². The van der Waals surface area contributed by atoms with E-state index < -0.39 is 17.7 Å². The molecule has 6 heteroatoms. The molecule has 1 aromatic carbocycles. The van der Waals surface area contributed by atoms with Gasteiger partial charge in [-0.3, -0.25) is 0 Å². The van der Waals surface area contributed by atoms with Crippen molar-refractivity contribution in [1.82, 2.24) is 9.78 Å². The molecule has 0 aliphatic rings. The van der Waals surface area contributed by atoms with E-state index in [2.05, 4.69) is 10.4 Å². The normalized spacial score (nSPS) is 10.1. The van der Waals surface area contributed by atoms with Gasteiger partial charge in [-0.2, -0.15) is 9.78 Å². The van der Waals surface area contributed by atoms with Crippen molar-refractivity contribution in [3.05, 3.63) is 48.3 Å². The third-order valence-corrected chi connectivity index (χ3v) is 1.88. The fraction of sp³-hybridized carbons (Fsp3) is 0. The number of aromatic nitrogens is 2. The lowest BCUT2D eigenvalue weighted by atomic mass is 10.3. The largest absolute Gasteiger partial charge is 0.346 e. The molecule has 0 unspecified atom stereocenters. The zero-order valence-corrected chi connectivity index (χ0v) is 8.02. The van der Waals surface area contributed by atoms with Crippen molar-refractivity contribution in [3.63, 3.8) is 0 Å². The molecule has 2 rings (SSSR count). The predicted molar refractivity (Wildman–Crippen MR) is 53.0 cm³/mol. The number of hydrogen-bond donors (Lipinski definition) is 1. The van der Waals surface area contributed by atoms with Crippen LogP contribution in [0.25, 0.3) is 0 Å². The Labute approximate surface area is 89.5 Å². The standard InChI is InChI=1S/C10H7F2N3O/c11-7-2-3-8(12)9(6-7)14-10(16)15-5-1-4-13-15/h1-6H,(H,14,16). The molecule has 16 heavy (non-hydrogen) atoms. The van der Waals surface area contributed by atoms with Gasteiger partial charge in [0.2, 0.25) is 0 Å². The molecule has 82 valence electrons. The number of amides is 1. The van der Waals surface area contributed by atoms with Crippen molar-refractivity contribution in [2.75, 3.05) is 5.32 Å². The van der Waals surface area contributed by atoms with Gasteiger partial charge in [0, 0.05) is 18.5 Å². The molecule has 0 fully saturated rings. The van der Waals surface area contributed by atoms with Crippen LogP contribution >= 0.6 is 0 Å². The van der Waals surface area contributed by atoms with Gasteiger partial charge < -0.3 is 5.32 Å². The molecular formula is C10H7F2N3O. The maximum atomic E-state index is 13.2. The number of nitrogens with zero attached hydrogens (tertiary/aromatic N) is 2. The minimum Gasteiger partial charge on any atom is -0.303 e. The van der Waals surface area contributed by atoms with Gasteiger partial charge in [0.25, 0.3) is 0 Å². The molecule has 1 aromatic heterocycles. The van der Waals surface area contributed by atoms with Crippen LogP contribution in [0.3, 0.4) is 0 Å². The van der Waals surface area contributed by atoms with Gasteiger partial charge in [0.1, 0.15) is 11.6 Å². The molecule has 0 saturated carbocycles. The van der Waals surface area contributed by atoms with Crippen LogP contribution in [0.4, 0.5) is 19.3 Å². The Morgan fingerprint density at radius 1 is 1.38 bits per heavy atom. The highest BCUT2D eigenvalue weighted by molar-refractivity contribution is 5.90. The van der Waals surface area contributed by atoms with Gasteiger partial charge >= 0.3 is 6.03 Å². The fourth-order valence-corrected chi connectivity index (χ4v) is 1.15. The first kappa shape index (κ1) is 10.3. The second-order valence-corrected chi connectivity index (χ2v) is 3.00. The van der Waals surface area contributed by atoms with Gasteiger partial charge in [0.05, 0.1) is 5.69 Å². The molecule has 0 aliphatic heterocycles. The summed E-state index contributed by atoms with van der Waals surface area (Å²) >= 11 is 0. The van der Waals surface area contributed by atoms with Crippen LogP contribution in [-0.4, -0.2) is 15.8 Å². The van der Waals surface area contributed by atoms with E-state index in [-0.39, 0.29) is 5.69 Å². The average molecular weight is 223 g/mol. The average Bonchev–Trinajstić information content (AvgIpc) is 2.76. The van der Waals surface area contributed by atoms with Crippen molar-refractivity contribution in [2.45, 2.75) is 0 Å². The van der Waals surface area contributed by atoms with E-state index in [1.54, 1.807) is 6.07 Å². The number of hydrogen-bond acceptors (Lipinski definition) is 2. The number of rotatable bonds is 1. The summed E-state index contributed by atoms with van der Waals surface area (Å²) in [4.78, 5) is 11.4. The fourth-order valence-electron chi connectivity index (χ4n) is 1.15. The predicted octanol–water partition coefficient (Wildman–Crippen LogP) is 2.24. The SMILES string of the molecule is O=C(Nc1cc(F)ccc1F)n1cccn1. The first-order valence-corrected chi connectivity index (χ1v) is 4.43. The van der Waals surface area contributed by atoms with E-state index in [4.69, 9.17) is 0 Å². The van der Waals surface area contributed by atoms with Crippen molar-refractivity contribution >= 4 is 11.7 Å². The van der Waals surface area contributed by atoms with Gasteiger partial charge in [-0.1, -0.05) is 0 Å². The molecule has 0 radical (unpaired) electrons. The number of carbonyl (C=O) groups excluding carboxylic acids is 1. The number of anilines is 1. The van der Waals surface area contributed by atoms with E-state index in [0.29, 0.717) is 0 Å². The second kappa shape index (κ2) is 4.09. The second-order valence-electron chi connectivity index (χ2n) is 3.00. The van der Waals surface area contributed by atoms with Crippen molar-refractivity contribution in [2.24, 2.45) is 0 Å². The monoisotopic (exact) mass is 223 g/mol. The highest BCUT2D eigenvalue weighted by Crippen LogP contribution is 2.15. The van der Waals surface area contributed by atoms with E-state index >= 15 is 0 Å². The molecule has 0 atom stereocenters. The lowest BCUT2D eigenvalue weighted by Crippen LogP contribution is -2.20. The molecule has 0 bridgehead atoms. The summed E-state index contributed by atoms with van der Waals surface area (Å²) in [5, 5.41) is 5.85. The first-order valence-electron chi connectivity index (χ1n) is 4.43. The zero-order valence-electron chi connectivity index (χ0n) is 8.02. The molecular weight excluding hydrogens is 216 g/mol. The van der Waals surface area contributed by atoms with Crippen molar-refractivity contribution < 1.29 is 13.6 Å². The summed E-state index contributed by atoms with van der Waals surface area (Å²) in [6.07, 6.45) is 2.80. The molecule has 4 nitrogen and oxygen atoms in total. The Morgan fingerprint density at radius 3 is 2.88 bits per heavy atom. The lowest BCUT2D eigenvalue weighted by molar-refractivity contribution is 0.251. The van der Waals surface area contributed by atoms with Crippen LogP contribution in [0.5, 0.6) is 0 Å². The van der Waals surface area contributed by atoms with Crippen LogP contribution in [0.2, 0.25) is 0 Å². The van der Waals surface area contributed by atoms with Crippen LogP contribution in [0, 0.1) is 11.6 Å². The smallest absolute Gasteiger partial charge is 0.303 e. The highest BCUT2D eigenvalue weighted by atomic mass is 19.1. The summed E-state index contributed by atoms with van der Waals surface area (Å²) in [5.41, 5.74) is -0.222. The first-order chi connectivity index (χ1) is 7.66. The summed E-state index contributed by atoms with van der Waals surface area (Å²) < 4.78 is 26.9. The van der Waals surface area contributed by atoms with Crippen LogP contribution < -0.4 is 5.32 Å². The molecule has 1 N–H and O–H groups in total. The molecule has 2 aromatic rings. The van der Waals surface area contributed by atoms with Gasteiger partial charge in [-0.25, -0.2) is 13.6 Å². The van der Waals surface area contributed by atoms with Gasteiger partial charge in [0.15, 0.2) is 0 Å². The van der Waals surface area contributed by atoms with E-state index in [1.165, 1.54) is 12.4 Å². The minimum absolute atomic E-state index is 0.222. The lowest BCUT2D eigenvalue weighted by Gasteiger charge is -2.05. The maximum absolute atomic E-state index is 13.2. The Hall–Kier alpha value is -2.24. The Morgan fingerprint density at radius 2 is 2.19 bits per heavy atom. The van der Waals surface area contributed by atoms with Crippen molar-refractivity contribution in [1.29, 1.82) is 0 Å². The van der Waals surface area contributed by atoms with Gasteiger partial charge in [-0.15, -0.1) is 0 Å². The Bertz CT molecular complexity index is 511. The Balaban J connectivity index is 2.21. The van der Waals surface area contributed by atoms with Crippen LogP contribution in [0.15, 0.2) is 36.7 Å². The van der Waals surface area contributed by atoms with Crippen LogP contribution in [-0.2, 0) is 0 Å². The molecule has 1 heterocycles. The van der Waals surface area contributed by atoms with E-state index in [1.807, 2.05) is 0 Å².